The standard InChI is InChI=1S/C13H16O4/c1-3-6-10-7-4-5-8-11(10)17-12(9-16-2)13(14)15/h3-5,7-8,12H,1,6,9H2,2H3,(H,14,15). The summed E-state index contributed by atoms with van der Waals surface area (Å²) >= 11 is 0. The number of benzene rings is 1. The van der Waals surface area contributed by atoms with E-state index in [0.717, 1.165) is 5.56 Å². The van der Waals surface area contributed by atoms with Gasteiger partial charge < -0.3 is 14.6 Å². The van der Waals surface area contributed by atoms with Gasteiger partial charge in [-0.05, 0) is 18.1 Å². The Hall–Kier alpha value is -1.81. The Labute approximate surface area is 100 Å². The average Bonchev–Trinajstić information content (AvgIpc) is 2.31. The fraction of sp³-hybridized carbons (Fsp3) is 0.308. The molecule has 0 bridgehead atoms. The summed E-state index contributed by atoms with van der Waals surface area (Å²) in [6.45, 7) is 3.66. The lowest BCUT2D eigenvalue weighted by Gasteiger charge is -2.16. The van der Waals surface area contributed by atoms with E-state index in [-0.39, 0.29) is 6.61 Å². The fourth-order valence-corrected chi connectivity index (χ4v) is 1.40. The van der Waals surface area contributed by atoms with Crippen LogP contribution in [0.1, 0.15) is 5.56 Å². The Bertz CT molecular complexity index is 387. The van der Waals surface area contributed by atoms with E-state index >= 15 is 0 Å². The number of carboxylic acids is 1. The Morgan fingerprint density at radius 1 is 1.53 bits per heavy atom. The van der Waals surface area contributed by atoms with Gasteiger partial charge in [-0.1, -0.05) is 24.3 Å². The van der Waals surface area contributed by atoms with Crippen LogP contribution in [0.5, 0.6) is 5.75 Å². The first-order valence-corrected chi connectivity index (χ1v) is 5.26. The van der Waals surface area contributed by atoms with Crippen LogP contribution in [0.2, 0.25) is 0 Å². The van der Waals surface area contributed by atoms with E-state index in [4.69, 9.17) is 14.6 Å². The van der Waals surface area contributed by atoms with E-state index in [9.17, 15) is 4.79 Å². The lowest BCUT2D eigenvalue weighted by molar-refractivity contribution is -0.147. The predicted octanol–water partition coefficient (Wildman–Crippen LogP) is 1.89. The summed E-state index contributed by atoms with van der Waals surface area (Å²) in [5, 5.41) is 8.96. The van der Waals surface area contributed by atoms with Gasteiger partial charge >= 0.3 is 5.97 Å². The van der Waals surface area contributed by atoms with Crippen LogP contribution in [0.3, 0.4) is 0 Å². The van der Waals surface area contributed by atoms with E-state index in [1.165, 1.54) is 7.11 Å². The van der Waals surface area contributed by atoms with Crippen LogP contribution < -0.4 is 4.74 Å². The maximum absolute atomic E-state index is 10.9. The summed E-state index contributed by atoms with van der Waals surface area (Å²) in [4.78, 5) is 10.9. The number of aliphatic carboxylic acids is 1. The van der Waals surface area contributed by atoms with Crippen LogP contribution in [-0.2, 0) is 16.0 Å². The Kier molecular flexibility index (Phi) is 5.23. The van der Waals surface area contributed by atoms with Gasteiger partial charge in [0.15, 0.2) is 0 Å². The minimum absolute atomic E-state index is 0.0117. The zero-order chi connectivity index (χ0) is 12.7. The first-order chi connectivity index (χ1) is 8.19. The molecule has 0 aliphatic carbocycles. The molecule has 4 heteroatoms. The molecule has 0 saturated carbocycles. The first-order valence-electron chi connectivity index (χ1n) is 5.26. The van der Waals surface area contributed by atoms with E-state index in [1.807, 2.05) is 12.1 Å². The van der Waals surface area contributed by atoms with Crippen molar-refractivity contribution in [2.75, 3.05) is 13.7 Å². The molecule has 0 aromatic heterocycles. The number of hydrogen-bond acceptors (Lipinski definition) is 3. The molecule has 1 aromatic carbocycles. The Morgan fingerprint density at radius 3 is 2.82 bits per heavy atom. The molecule has 0 fully saturated rings. The molecular formula is C13H16O4. The van der Waals surface area contributed by atoms with Crippen molar-refractivity contribution < 1.29 is 19.4 Å². The quantitative estimate of drug-likeness (QED) is 0.734. The third-order valence-electron chi connectivity index (χ3n) is 2.20. The second-order valence-electron chi connectivity index (χ2n) is 3.50. The average molecular weight is 236 g/mol. The summed E-state index contributed by atoms with van der Waals surface area (Å²) in [5.41, 5.74) is 0.907. The molecule has 17 heavy (non-hydrogen) atoms. The number of rotatable bonds is 7. The summed E-state index contributed by atoms with van der Waals surface area (Å²) in [7, 11) is 1.44. The van der Waals surface area contributed by atoms with E-state index in [0.29, 0.717) is 12.2 Å². The molecule has 0 aliphatic rings. The van der Waals surface area contributed by atoms with Crippen molar-refractivity contribution in [3.8, 4) is 5.75 Å². The van der Waals surface area contributed by atoms with Gasteiger partial charge in [-0.2, -0.15) is 0 Å². The molecule has 4 nitrogen and oxygen atoms in total. The highest BCUT2D eigenvalue weighted by Gasteiger charge is 2.20. The SMILES string of the molecule is C=CCc1ccccc1OC(COC)C(=O)O. The molecule has 1 rings (SSSR count). The lowest BCUT2D eigenvalue weighted by atomic mass is 10.1. The minimum atomic E-state index is -1.04. The Balaban J connectivity index is 2.84. The van der Waals surface area contributed by atoms with Crippen LogP contribution in [0.25, 0.3) is 0 Å². The molecule has 0 amide bonds. The monoisotopic (exact) mass is 236 g/mol. The van der Waals surface area contributed by atoms with Crippen LogP contribution in [0, 0.1) is 0 Å². The van der Waals surface area contributed by atoms with Crippen molar-refractivity contribution in [3.63, 3.8) is 0 Å². The van der Waals surface area contributed by atoms with Crippen molar-refractivity contribution in [3.05, 3.63) is 42.5 Å². The molecule has 1 N–H and O–H groups in total. The third-order valence-corrected chi connectivity index (χ3v) is 2.20. The van der Waals surface area contributed by atoms with Gasteiger partial charge in [0, 0.05) is 7.11 Å². The van der Waals surface area contributed by atoms with Gasteiger partial charge in [-0.3, -0.25) is 0 Å². The van der Waals surface area contributed by atoms with Crippen LogP contribution in [0.4, 0.5) is 0 Å². The Morgan fingerprint density at radius 2 is 2.24 bits per heavy atom. The minimum Gasteiger partial charge on any atom is -0.478 e. The summed E-state index contributed by atoms with van der Waals surface area (Å²) in [6, 6.07) is 7.29. The van der Waals surface area contributed by atoms with Gasteiger partial charge in [-0.15, -0.1) is 6.58 Å². The molecule has 0 spiro atoms. The number of allylic oxidation sites excluding steroid dienone is 1. The first kappa shape index (κ1) is 13.3. The van der Waals surface area contributed by atoms with Crippen molar-refractivity contribution in [2.24, 2.45) is 0 Å². The van der Waals surface area contributed by atoms with E-state index < -0.39 is 12.1 Å². The molecule has 0 heterocycles. The van der Waals surface area contributed by atoms with Gasteiger partial charge in [0.05, 0.1) is 6.61 Å². The zero-order valence-electron chi connectivity index (χ0n) is 9.76. The van der Waals surface area contributed by atoms with Crippen molar-refractivity contribution >= 4 is 5.97 Å². The molecule has 0 saturated heterocycles. The number of hydrogen-bond donors (Lipinski definition) is 1. The number of para-hydroxylation sites is 1. The number of carbonyl (C=O) groups is 1. The van der Waals surface area contributed by atoms with Gasteiger partial charge in [0.1, 0.15) is 5.75 Å². The molecule has 1 atom stereocenters. The van der Waals surface area contributed by atoms with Gasteiger partial charge in [0.25, 0.3) is 0 Å². The molecule has 1 aromatic rings. The summed E-state index contributed by atoms with van der Waals surface area (Å²) in [6.07, 6.45) is 1.38. The topological polar surface area (TPSA) is 55.8 Å². The molecule has 1 unspecified atom stereocenters. The van der Waals surface area contributed by atoms with E-state index in [2.05, 4.69) is 6.58 Å². The molecular weight excluding hydrogens is 220 g/mol. The normalized spacial score (nSPS) is 11.8. The van der Waals surface area contributed by atoms with Crippen LogP contribution in [-0.4, -0.2) is 30.9 Å². The van der Waals surface area contributed by atoms with Crippen molar-refractivity contribution in [1.29, 1.82) is 0 Å². The number of methoxy groups -OCH3 is 1. The second-order valence-corrected chi connectivity index (χ2v) is 3.50. The van der Waals surface area contributed by atoms with Crippen LogP contribution >= 0.6 is 0 Å². The number of ether oxygens (including phenoxy) is 2. The summed E-state index contributed by atoms with van der Waals surface area (Å²) < 4.78 is 10.2. The lowest BCUT2D eigenvalue weighted by Crippen LogP contribution is -2.31. The maximum Gasteiger partial charge on any atom is 0.347 e. The van der Waals surface area contributed by atoms with Gasteiger partial charge in [0.2, 0.25) is 6.10 Å². The van der Waals surface area contributed by atoms with Gasteiger partial charge in [-0.25, -0.2) is 4.79 Å². The maximum atomic E-state index is 10.9. The highest BCUT2D eigenvalue weighted by molar-refractivity contribution is 5.73. The summed E-state index contributed by atoms with van der Waals surface area (Å²) in [5.74, 6) is -0.489. The largest absolute Gasteiger partial charge is 0.478 e. The molecule has 0 aliphatic heterocycles. The number of carboxylic acid groups (broad SMARTS) is 1. The molecule has 92 valence electrons. The van der Waals surface area contributed by atoms with Crippen molar-refractivity contribution in [1.82, 2.24) is 0 Å². The van der Waals surface area contributed by atoms with Crippen molar-refractivity contribution in [2.45, 2.75) is 12.5 Å². The highest BCUT2D eigenvalue weighted by Crippen LogP contribution is 2.20. The zero-order valence-corrected chi connectivity index (χ0v) is 9.76. The predicted molar refractivity (Wildman–Crippen MR) is 64.3 cm³/mol. The molecule has 0 radical (unpaired) electrons. The fourth-order valence-electron chi connectivity index (χ4n) is 1.40. The second kappa shape index (κ2) is 6.70. The smallest absolute Gasteiger partial charge is 0.347 e. The third kappa shape index (κ3) is 3.92. The highest BCUT2D eigenvalue weighted by atomic mass is 16.5. The van der Waals surface area contributed by atoms with E-state index in [1.54, 1.807) is 18.2 Å². The van der Waals surface area contributed by atoms with Crippen LogP contribution in [0.15, 0.2) is 36.9 Å².